The lowest BCUT2D eigenvalue weighted by Crippen LogP contribution is -2.32. The van der Waals surface area contributed by atoms with Gasteiger partial charge in [0.25, 0.3) is 0 Å². The Bertz CT molecular complexity index is 802. The maximum absolute atomic E-state index is 12.6. The van der Waals surface area contributed by atoms with Crippen molar-refractivity contribution in [1.82, 2.24) is 5.32 Å². The monoisotopic (exact) mass is 341 g/mol. The zero-order valence-corrected chi connectivity index (χ0v) is 13.8. The summed E-state index contributed by atoms with van der Waals surface area (Å²) < 4.78 is 10.6. The Hall–Kier alpha value is -3.02. The third kappa shape index (κ3) is 3.57. The van der Waals surface area contributed by atoms with Crippen LogP contribution in [0.25, 0.3) is 0 Å². The molecule has 0 spiro atoms. The van der Waals surface area contributed by atoms with Crippen molar-refractivity contribution in [2.45, 2.75) is 18.9 Å². The van der Waals surface area contributed by atoms with Crippen LogP contribution in [-0.2, 0) is 11.3 Å². The Labute approximate surface area is 145 Å². The van der Waals surface area contributed by atoms with Gasteiger partial charge in [-0.25, -0.2) is 4.79 Å². The average molecular weight is 341 g/mol. The SMILES string of the molecule is COc1ccc(CNC(=O)C2CCOc3ccccc32)cc1C(=O)O. The number of fused-ring (bicyclic) bond motifs is 1. The highest BCUT2D eigenvalue weighted by Crippen LogP contribution is 2.33. The summed E-state index contributed by atoms with van der Waals surface area (Å²) in [5.41, 5.74) is 1.66. The molecule has 0 saturated carbocycles. The molecule has 0 aromatic heterocycles. The smallest absolute Gasteiger partial charge is 0.339 e. The van der Waals surface area contributed by atoms with Gasteiger partial charge in [-0.1, -0.05) is 24.3 Å². The maximum Gasteiger partial charge on any atom is 0.339 e. The first kappa shape index (κ1) is 16.8. The summed E-state index contributed by atoms with van der Waals surface area (Å²) in [5, 5.41) is 12.1. The normalized spacial score (nSPS) is 15.6. The Balaban J connectivity index is 1.71. The molecule has 1 heterocycles. The van der Waals surface area contributed by atoms with Crippen LogP contribution in [0.5, 0.6) is 11.5 Å². The molecule has 0 fully saturated rings. The van der Waals surface area contributed by atoms with Gasteiger partial charge in [0.15, 0.2) is 0 Å². The molecular weight excluding hydrogens is 322 g/mol. The van der Waals surface area contributed by atoms with Crippen molar-refractivity contribution in [2.24, 2.45) is 0 Å². The lowest BCUT2D eigenvalue weighted by Gasteiger charge is -2.25. The average Bonchev–Trinajstić information content (AvgIpc) is 2.65. The van der Waals surface area contributed by atoms with Gasteiger partial charge in [0, 0.05) is 12.1 Å². The van der Waals surface area contributed by atoms with Gasteiger partial charge in [-0.2, -0.15) is 0 Å². The predicted molar refractivity (Wildman–Crippen MR) is 91.1 cm³/mol. The maximum atomic E-state index is 12.6. The topological polar surface area (TPSA) is 84.9 Å². The molecule has 6 heteroatoms. The number of carbonyl (C=O) groups excluding carboxylic acids is 1. The third-order valence-electron chi connectivity index (χ3n) is 4.24. The number of nitrogens with one attached hydrogen (secondary N) is 1. The second kappa shape index (κ2) is 7.25. The summed E-state index contributed by atoms with van der Waals surface area (Å²) in [5.74, 6) is -0.388. The van der Waals surface area contributed by atoms with E-state index in [0.29, 0.717) is 24.3 Å². The highest BCUT2D eigenvalue weighted by Gasteiger charge is 2.27. The molecule has 0 radical (unpaired) electrons. The number of carboxylic acids is 1. The second-order valence-electron chi connectivity index (χ2n) is 5.79. The first-order valence-corrected chi connectivity index (χ1v) is 8.00. The molecule has 1 aliphatic rings. The quantitative estimate of drug-likeness (QED) is 0.873. The van der Waals surface area contributed by atoms with Gasteiger partial charge >= 0.3 is 5.97 Å². The van der Waals surface area contributed by atoms with E-state index in [1.807, 2.05) is 24.3 Å². The van der Waals surface area contributed by atoms with E-state index in [4.69, 9.17) is 9.47 Å². The number of carbonyl (C=O) groups is 2. The van der Waals surface area contributed by atoms with Crippen LogP contribution >= 0.6 is 0 Å². The molecule has 0 aliphatic carbocycles. The molecular formula is C19H19NO5. The van der Waals surface area contributed by atoms with Crippen LogP contribution in [-0.4, -0.2) is 30.7 Å². The summed E-state index contributed by atoms with van der Waals surface area (Å²) in [4.78, 5) is 23.8. The minimum absolute atomic E-state index is 0.0747. The van der Waals surface area contributed by atoms with Crippen molar-refractivity contribution >= 4 is 11.9 Å². The lowest BCUT2D eigenvalue weighted by molar-refractivity contribution is -0.123. The molecule has 1 unspecified atom stereocenters. The van der Waals surface area contributed by atoms with E-state index in [2.05, 4.69) is 5.32 Å². The van der Waals surface area contributed by atoms with Crippen LogP contribution in [0.15, 0.2) is 42.5 Å². The van der Waals surface area contributed by atoms with E-state index < -0.39 is 5.97 Å². The van der Waals surface area contributed by atoms with Crippen molar-refractivity contribution in [1.29, 1.82) is 0 Å². The molecule has 0 bridgehead atoms. The third-order valence-corrected chi connectivity index (χ3v) is 4.24. The standard InChI is InChI=1S/C19H19NO5/c1-24-16-7-6-12(10-15(16)19(22)23)11-20-18(21)14-8-9-25-17-5-3-2-4-13(14)17/h2-7,10,14H,8-9,11H2,1H3,(H,20,21)(H,22,23). The van der Waals surface area contributed by atoms with Crippen LogP contribution < -0.4 is 14.8 Å². The molecule has 6 nitrogen and oxygen atoms in total. The first-order valence-electron chi connectivity index (χ1n) is 8.00. The Morgan fingerprint density at radius 2 is 2.08 bits per heavy atom. The fourth-order valence-corrected chi connectivity index (χ4v) is 2.96. The van der Waals surface area contributed by atoms with Crippen LogP contribution in [0, 0.1) is 0 Å². The molecule has 0 saturated heterocycles. The van der Waals surface area contributed by atoms with Gasteiger partial charge in [-0.3, -0.25) is 4.79 Å². The zero-order valence-electron chi connectivity index (χ0n) is 13.8. The van der Waals surface area contributed by atoms with Crippen molar-refractivity contribution in [2.75, 3.05) is 13.7 Å². The van der Waals surface area contributed by atoms with Crippen LogP contribution in [0.3, 0.4) is 0 Å². The van der Waals surface area contributed by atoms with E-state index in [0.717, 1.165) is 11.3 Å². The molecule has 1 aliphatic heterocycles. The van der Waals surface area contributed by atoms with E-state index in [1.54, 1.807) is 12.1 Å². The number of para-hydroxylation sites is 1. The fraction of sp³-hybridized carbons (Fsp3) is 0.263. The van der Waals surface area contributed by atoms with Crippen molar-refractivity contribution in [3.63, 3.8) is 0 Å². The molecule has 2 aromatic rings. The summed E-state index contributed by atoms with van der Waals surface area (Å²) in [6.07, 6.45) is 0.617. The van der Waals surface area contributed by atoms with E-state index in [9.17, 15) is 14.7 Å². The lowest BCUT2D eigenvalue weighted by atomic mass is 9.92. The largest absolute Gasteiger partial charge is 0.496 e. The van der Waals surface area contributed by atoms with Gasteiger partial charge in [-0.05, 0) is 30.2 Å². The van der Waals surface area contributed by atoms with Gasteiger partial charge in [0.05, 0.1) is 19.6 Å². The van der Waals surface area contributed by atoms with Gasteiger partial charge in [-0.15, -0.1) is 0 Å². The summed E-state index contributed by atoms with van der Waals surface area (Å²) >= 11 is 0. The molecule has 130 valence electrons. The van der Waals surface area contributed by atoms with Crippen molar-refractivity contribution < 1.29 is 24.2 Å². The second-order valence-corrected chi connectivity index (χ2v) is 5.79. The Morgan fingerprint density at radius 3 is 2.84 bits per heavy atom. The van der Waals surface area contributed by atoms with Crippen molar-refractivity contribution in [3.05, 3.63) is 59.2 Å². The van der Waals surface area contributed by atoms with Crippen LogP contribution in [0.1, 0.15) is 33.8 Å². The number of rotatable bonds is 5. The van der Waals surface area contributed by atoms with Crippen LogP contribution in [0.2, 0.25) is 0 Å². The fourth-order valence-electron chi connectivity index (χ4n) is 2.96. The molecule has 1 atom stereocenters. The summed E-state index contributed by atoms with van der Waals surface area (Å²) in [7, 11) is 1.42. The van der Waals surface area contributed by atoms with Crippen molar-refractivity contribution in [3.8, 4) is 11.5 Å². The Kier molecular flexibility index (Phi) is 4.88. The number of amides is 1. The number of methoxy groups -OCH3 is 1. The van der Waals surface area contributed by atoms with Gasteiger partial charge in [0.1, 0.15) is 17.1 Å². The number of hydrogen-bond acceptors (Lipinski definition) is 4. The highest BCUT2D eigenvalue weighted by atomic mass is 16.5. The van der Waals surface area contributed by atoms with E-state index >= 15 is 0 Å². The molecule has 2 N–H and O–H groups in total. The molecule has 1 amide bonds. The number of ether oxygens (including phenoxy) is 2. The molecule has 2 aromatic carbocycles. The van der Waals surface area contributed by atoms with Gasteiger partial charge in [0.2, 0.25) is 5.91 Å². The number of aromatic carboxylic acids is 1. The molecule has 25 heavy (non-hydrogen) atoms. The number of hydrogen-bond donors (Lipinski definition) is 2. The van der Waals surface area contributed by atoms with Crippen LogP contribution in [0.4, 0.5) is 0 Å². The zero-order chi connectivity index (χ0) is 17.8. The highest BCUT2D eigenvalue weighted by molar-refractivity contribution is 5.91. The minimum Gasteiger partial charge on any atom is -0.496 e. The van der Waals surface area contributed by atoms with Gasteiger partial charge < -0.3 is 19.9 Å². The number of carboxylic acid groups (broad SMARTS) is 1. The first-order chi connectivity index (χ1) is 12.1. The minimum atomic E-state index is -1.07. The summed E-state index contributed by atoms with van der Waals surface area (Å²) in [6, 6.07) is 12.4. The van der Waals surface area contributed by atoms with E-state index in [-0.39, 0.29) is 23.9 Å². The summed E-state index contributed by atoms with van der Waals surface area (Å²) in [6.45, 7) is 0.753. The Morgan fingerprint density at radius 1 is 1.28 bits per heavy atom. The number of benzene rings is 2. The van der Waals surface area contributed by atoms with E-state index in [1.165, 1.54) is 13.2 Å². The predicted octanol–water partition coefficient (Wildman–Crippen LogP) is 2.58. The molecule has 3 rings (SSSR count).